The SMILES string of the molecule is COc1ccc(Cl)cc1NS(=O)(=O)c1ccc(OC)c2c1OC[C@H](NC(=O)C(F)(F)F)C2.COc1ccc(S(=O)(=O)Cl)c2c1C[C@@H](NC(=O)C(F)(F)F)CO2. The van der Waals surface area contributed by atoms with Crippen LogP contribution in [0.1, 0.15) is 11.1 Å². The van der Waals surface area contributed by atoms with Crippen LogP contribution in [-0.2, 0) is 41.5 Å². The number of sulfonamides is 1. The molecule has 0 radical (unpaired) electrons. The number of amides is 2. The third kappa shape index (κ3) is 10.4. The first-order valence-corrected chi connectivity index (χ1v) is 19.4. The molecule has 2 aliphatic rings. The minimum Gasteiger partial charge on any atom is -0.496 e. The summed E-state index contributed by atoms with van der Waals surface area (Å²) in [6, 6.07) is 7.41. The van der Waals surface area contributed by atoms with E-state index in [0.717, 1.165) is 0 Å². The van der Waals surface area contributed by atoms with Gasteiger partial charge in [0.2, 0.25) is 0 Å². The van der Waals surface area contributed by atoms with Crippen LogP contribution in [0.5, 0.6) is 28.7 Å². The molecule has 24 heteroatoms. The van der Waals surface area contributed by atoms with Gasteiger partial charge in [-0.3, -0.25) is 14.3 Å². The van der Waals surface area contributed by atoms with Crippen molar-refractivity contribution in [3.8, 4) is 28.7 Å². The lowest BCUT2D eigenvalue weighted by atomic mass is 10.0. The number of halogens is 8. The van der Waals surface area contributed by atoms with Crippen LogP contribution in [0.3, 0.4) is 0 Å². The average molecular weight is 869 g/mol. The van der Waals surface area contributed by atoms with Crippen molar-refractivity contribution in [2.75, 3.05) is 39.3 Å². The third-order valence-electron chi connectivity index (χ3n) is 7.70. The molecule has 5 rings (SSSR count). The highest BCUT2D eigenvalue weighted by molar-refractivity contribution is 8.13. The molecule has 0 unspecified atom stereocenters. The van der Waals surface area contributed by atoms with Crippen molar-refractivity contribution in [3.05, 3.63) is 58.6 Å². The lowest BCUT2D eigenvalue weighted by Gasteiger charge is -2.29. The van der Waals surface area contributed by atoms with Crippen molar-refractivity contribution < 1.29 is 76.5 Å². The molecular formula is C31H29Cl2F6N3O11S2. The van der Waals surface area contributed by atoms with Crippen LogP contribution in [0, 0.1) is 0 Å². The number of alkyl halides is 6. The molecule has 0 aliphatic carbocycles. The lowest BCUT2D eigenvalue weighted by molar-refractivity contribution is -0.174. The van der Waals surface area contributed by atoms with Gasteiger partial charge < -0.3 is 34.3 Å². The molecule has 0 fully saturated rings. The van der Waals surface area contributed by atoms with Crippen LogP contribution in [0.25, 0.3) is 0 Å². The van der Waals surface area contributed by atoms with E-state index in [4.69, 9.17) is 46.0 Å². The fraction of sp³-hybridized carbons (Fsp3) is 0.355. The second-order valence-corrected chi connectivity index (χ2v) is 16.0. The summed E-state index contributed by atoms with van der Waals surface area (Å²) < 4.78 is 152. The van der Waals surface area contributed by atoms with Crippen molar-refractivity contribution in [2.24, 2.45) is 0 Å². The topological polar surface area (TPSA) is 185 Å². The average Bonchev–Trinajstić information content (AvgIpc) is 3.09. The molecular weight excluding hydrogens is 839 g/mol. The van der Waals surface area contributed by atoms with Gasteiger partial charge in [0.05, 0.1) is 39.1 Å². The van der Waals surface area contributed by atoms with Gasteiger partial charge in [0.1, 0.15) is 51.8 Å². The first-order valence-electron chi connectivity index (χ1n) is 15.2. The Hall–Kier alpha value is -4.54. The van der Waals surface area contributed by atoms with Gasteiger partial charge >= 0.3 is 24.2 Å². The van der Waals surface area contributed by atoms with E-state index in [2.05, 4.69) is 4.72 Å². The van der Waals surface area contributed by atoms with Crippen molar-refractivity contribution in [2.45, 2.75) is 47.1 Å². The Morgan fingerprint density at radius 2 is 1.13 bits per heavy atom. The summed E-state index contributed by atoms with van der Waals surface area (Å²) in [7, 11) is 0.946. The number of hydrogen-bond acceptors (Lipinski definition) is 11. The van der Waals surface area contributed by atoms with Gasteiger partial charge in [-0.25, -0.2) is 16.8 Å². The van der Waals surface area contributed by atoms with E-state index in [1.807, 2.05) is 5.32 Å². The highest BCUT2D eigenvalue weighted by atomic mass is 35.7. The molecule has 3 aromatic carbocycles. The zero-order chi connectivity index (χ0) is 41.1. The maximum absolute atomic E-state index is 13.1. The number of benzene rings is 3. The number of ether oxygens (including phenoxy) is 5. The second-order valence-electron chi connectivity index (χ2n) is 11.4. The smallest absolute Gasteiger partial charge is 0.471 e. The van der Waals surface area contributed by atoms with E-state index in [9.17, 15) is 52.8 Å². The number of rotatable bonds is 9. The Bertz CT molecular complexity index is 2170. The van der Waals surface area contributed by atoms with Gasteiger partial charge in [-0.15, -0.1) is 0 Å². The molecule has 0 saturated carbocycles. The molecule has 2 heterocycles. The van der Waals surface area contributed by atoms with E-state index in [0.29, 0.717) is 0 Å². The lowest BCUT2D eigenvalue weighted by Crippen LogP contribution is -2.48. The van der Waals surface area contributed by atoms with Crippen LogP contribution < -0.4 is 39.0 Å². The van der Waals surface area contributed by atoms with E-state index in [1.165, 1.54) is 63.8 Å². The molecule has 55 heavy (non-hydrogen) atoms. The van der Waals surface area contributed by atoms with Crippen LogP contribution in [0.15, 0.2) is 52.3 Å². The number of hydrogen-bond donors (Lipinski definition) is 3. The molecule has 2 atom stereocenters. The van der Waals surface area contributed by atoms with Gasteiger partial charge in [0, 0.05) is 39.7 Å². The Morgan fingerprint density at radius 3 is 1.55 bits per heavy atom. The van der Waals surface area contributed by atoms with E-state index in [1.54, 1.807) is 5.32 Å². The zero-order valence-corrected chi connectivity index (χ0v) is 31.5. The maximum Gasteiger partial charge on any atom is 0.471 e. The van der Waals surface area contributed by atoms with E-state index >= 15 is 0 Å². The normalized spacial score (nSPS) is 16.7. The Labute approximate surface area is 318 Å². The Balaban J connectivity index is 0.000000258. The number of nitrogens with one attached hydrogen (secondary N) is 3. The summed E-state index contributed by atoms with van der Waals surface area (Å²) in [6.45, 7) is -0.702. The highest BCUT2D eigenvalue weighted by Gasteiger charge is 2.42. The molecule has 3 N–H and O–H groups in total. The molecule has 0 saturated heterocycles. The Morgan fingerprint density at radius 1 is 0.709 bits per heavy atom. The fourth-order valence-electron chi connectivity index (χ4n) is 5.32. The molecule has 0 bridgehead atoms. The minimum absolute atomic E-state index is 0.0793. The first-order chi connectivity index (χ1) is 25.5. The zero-order valence-electron chi connectivity index (χ0n) is 28.4. The largest absolute Gasteiger partial charge is 0.496 e. The summed E-state index contributed by atoms with van der Waals surface area (Å²) in [5, 5.41) is 3.88. The molecule has 14 nitrogen and oxygen atoms in total. The van der Waals surface area contributed by atoms with Crippen molar-refractivity contribution >= 4 is 58.9 Å². The predicted molar refractivity (Wildman–Crippen MR) is 182 cm³/mol. The molecule has 302 valence electrons. The highest BCUT2D eigenvalue weighted by Crippen LogP contribution is 2.41. The number of methoxy groups -OCH3 is 3. The van der Waals surface area contributed by atoms with Gasteiger partial charge in [0.25, 0.3) is 19.1 Å². The molecule has 2 amide bonds. The van der Waals surface area contributed by atoms with Crippen molar-refractivity contribution in [1.82, 2.24) is 10.6 Å². The first kappa shape index (κ1) is 43.2. The molecule has 2 aliphatic heterocycles. The number of carbonyl (C=O) groups is 2. The maximum atomic E-state index is 13.1. The monoisotopic (exact) mass is 867 g/mol. The van der Waals surface area contributed by atoms with Gasteiger partial charge in [-0.2, -0.15) is 26.3 Å². The van der Waals surface area contributed by atoms with Crippen LogP contribution in [0.2, 0.25) is 5.02 Å². The van der Waals surface area contributed by atoms with E-state index < -0.39 is 55.3 Å². The summed E-state index contributed by atoms with van der Waals surface area (Å²) >= 11 is 5.95. The van der Waals surface area contributed by atoms with Crippen LogP contribution in [-0.4, -0.2) is 87.6 Å². The predicted octanol–water partition coefficient (Wildman–Crippen LogP) is 4.74. The number of carbonyl (C=O) groups excluding carboxylic acids is 2. The summed E-state index contributed by atoms with van der Waals surface area (Å²) in [4.78, 5) is 21.7. The number of anilines is 1. The minimum atomic E-state index is -5.06. The summed E-state index contributed by atoms with van der Waals surface area (Å²) in [6.07, 6.45) is -10.3. The third-order valence-corrected chi connectivity index (χ3v) is 10.7. The summed E-state index contributed by atoms with van der Waals surface area (Å²) in [5.74, 6) is -3.76. The number of fused-ring (bicyclic) bond motifs is 2. The van der Waals surface area contributed by atoms with Crippen LogP contribution in [0.4, 0.5) is 32.0 Å². The fourth-order valence-corrected chi connectivity index (χ4v) is 7.73. The molecule has 3 aromatic rings. The van der Waals surface area contributed by atoms with Gasteiger partial charge in [-0.1, -0.05) is 11.6 Å². The quantitative estimate of drug-likeness (QED) is 0.199. The summed E-state index contributed by atoms with van der Waals surface area (Å²) in [5.41, 5.74) is 0.496. The van der Waals surface area contributed by atoms with Crippen LogP contribution >= 0.6 is 22.3 Å². The van der Waals surface area contributed by atoms with Gasteiger partial charge in [-0.05, 0) is 42.5 Å². The molecule has 0 aromatic heterocycles. The standard InChI is InChI=1S/C19H18ClF3N2O6S.C12H11ClF3NO5S/c1-29-14-5-6-16(32(27,28)25-13-7-10(20)3-4-15(13)30-2)17-12(14)8-11(9-31-17)24-18(26)19(21,22)23;1-21-8-2-3-9(23(13,19)20)10-7(8)4-6(5-22-10)17-11(18)12(14,15)16/h3-7,11,25H,8-9H2,1-2H3,(H,24,26);2-3,6H,4-5H2,1H3,(H,17,18)/t11-;6-/m11/s1. The second kappa shape index (κ2) is 16.7. The molecule has 0 spiro atoms. The van der Waals surface area contributed by atoms with Crippen molar-refractivity contribution in [1.29, 1.82) is 0 Å². The van der Waals surface area contributed by atoms with Gasteiger partial charge in [0.15, 0.2) is 0 Å². The Kier molecular flexibility index (Phi) is 13.1. The van der Waals surface area contributed by atoms with E-state index in [-0.39, 0.29) is 86.4 Å². The van der Waals surface area contributed by atoms with Crippen molar-refractivity contribution in [3.63, 3.8) is 0 Å².